The maximum atomic E-state index is 12.8. The van der Waals surface area contributed by atoms with E-state index < -0.39 is 0 Å². The summed E-state index contributed by atoms with van der Waals surface area (Å²) >= 11 is 7.06. The molecule has 32 heavy (non-hydrogen) atoms. The van der Waals surface area contributed by atoms with Gasteiger partial charge in [0.2, 0.25) is 0 Å². The number of H-pyrrole nitrogens is 1. The molecule has 0 unspecified atom stereocenters. The highest BCUT2D eigenvalue weighted by molar-refractivity contribution is 9.11. The summed E-state index contributed by atoms with van der Waals surface area (Å²) in [4.78, 5) is 27.4. The van der Waals surface area contributed by atoms with Gasteiger partial charge in [-0.2, -0.15) is 0 Å². The Labute approximate surface area is 202 Å². The molecule has 0 saturated heterocycles. The van der Waals surface area contributed by atoms with Crippen molar-refractivity contribution >= 4 is 31.9 Å². The van der Waals surface area contributed by atoms with E-state index in [2.05, 4.69) is 64.9 Å². The second-order valence-corrected chi connectivity index (χ2v) is 9.71. The van der Waals surface area contributed by atoms with Crippen molar-refractivity contribution < 1.29 is 0 Å². The first-order chi connectivity index (χ1) is 15.5. The van der Waals surface area contributed by atoms with Gasteiger partial charge in [-0.3, -0.25) is 14.7 Å². The van der Waals surface area contributed by atoms with Crippen LogP contribution in [0, 0.1) is 0 Å². The van der Waals surface area contributed by atoms with E-state index >= 15 is 0 Å². The Morgan fingerprint density at radius 3 is 2.47 bits per heavy atom. The van der Waals surface area contributed by atoms with Crippen molar-refractivity contribution in [3.8, 4) is 22.6 Å². The molecule has 1 aliphatic rings. The van der Waals surface area contributed by atoms with E-state index in [9.17, 15) is 4.79 Å². The first-order valence-corrected chi connectivity index (χ1v) is 11.9. The van der Waals surface area contributed by atoms with Crippen LogP contribution in [0.2, 0.25) is 0 Å². The van der Waals surface area contributed by atoms with Crippen LogP contribution < -0.4 is 5.56 Å². The zero-order valence-electron chi connectivity index (χ0n) is 17.2. The second kappa shape index (κ2) is 9.10. The molecule has 1 aliphatic heterocycles. The van der Waals surface area contributed by atoms with E-state index in [0.717, 1.165) is 62.1 Å². The van der Waals surface area contributed by atoms with Crippen LogP contribution in [-0.4, -0.2) is 26.4 Å². The fourth-order valence-electron chi connectivity index (χ4n) is 4.00. The van der Waals surface area contributed by atoms with Crippen molar-refractivity contribution in [3.05, 3.63) is 103 Å². The number of hydrogen-bond acceptors (Lipinski definition) is 4. The third-order valence-electron chi connectivity index (χ3n) is 5.58. The quantitative estimate of drug-likeness (QED) is 0.359. The Bertz CT molecular complexity index is 1300. The smallest absolute Gasteiger partial charge is 0.255 e. The van der Waals surface area contributed by atoms with Crippen LogP contribution in [0.4, 0.5) is 0 Å². The first kappa shape index (κ1) is 21.2. The average Bonchev–Trinajstić information content (AvgIpc) is 2.80. The van der Waals surface area contributed by atoms with Crippen LogP contribution in [-0.2, 0) is 19.5 Å². The lowest BCUT2D eigenvalue weighted by Crippen LogP contribution is -2.35. The van der Waals surface area contributed by atoms with Gasteiger partial charge in [-0.05, 0) is 29.8 Å². The van der Waals surface area contributed by atoms with E-state index in [1.807, 2.05) is 48.7 Å². The van der Waals surface area contributed by atoms with Crippen LogP contribution in [0.3, 0.4) is 0 Å². The number of aromatic nitrogens is 3. The molecule has 0 spiro atoms. The number of hydrogen-bond donors (Lipinski definition) is 1. The van der Waals surface area contributed by atoms with Gasteiger partial charge in [-0.15, -0.1) is 0 Å². The van der Waals surface area contributed by atoms with E-state index in [-0.39, 0.29) is 5.56 Å². The maximum absolute atomic E-state index is 12.8. The molecule has 0 bridgehead atoms. The summed E-state index contributed by atoms with van der Waals surface area (Å²) in [5.74, 6) is 0.641. The highest BCUT2D eigenvalue weighted by Crippen LogP contribution is 2.27. The highest BCUT2D eigenvalue weighted by atomic mass is 79.9. The van der Waals surface area contributed by atoms with Gasteiger partial charge < -0.3 is 4.98 Å². The van der Waals surface area contributed by atoms with Gasteiger partial charge in [-0.25, -0.2) is 4.98 Å². The largest absolute Gasteiger partial charge is 0.306 e. The molecule has 160 valence electrons. The van der Waals surface area contributed by atoms with Crippen LogP contribution in [0.5, 0.6) is 0 Å². The Morgan fingerprint density at radius 2 is 1.75 bits per heavy atom. The van der Waals surface area contributed by atoms with Gasteiger partial charge in [0.25, 0.3) is 5.56 Å². The van der Waals surface area contributed by atoms with Gasteiger partial charge in [0, 0.05) is 52.3 Å². The summed E-state index contributed by atoms with van der Waals surface area (Å²) < 4.78 is 2.02. The summed E-state index contributed by atoms with van der Waals surface area (Å²) in [5.41, 5.74) is 5.64. The van der Waals surface area contributed by atoms with Crippen molar-refractivity contribution in [2.45, 2.75) is 19.5 Å². The molecule has 0 saturated carbocycles. The molecule has 2 aromatic heterocycles. The molecule has 5 nitrogen and oxygen atoms in total. The van der Waals surface area contributed by atoms with E-state index in [0.29, 0.717) is 12.4 Å². The summed E-state index contributed by atoms with van der Waals surface area (Å²) in [6.07, 6.45) is 2.68. The number of nitrogens with zero attached hydrogens (tertiary/aromatic N) is 3. The first-order valence-electron chi connectivity index (χ1n) is 10.4. The zero-order valence-corrected chi connectivity index (χ0v) is 20.4. The minimum atomic E-state index is -0.0488. The summed E-state index contributed by atoms with van der Waals surface area (Å²) in [6, 6.07) is 20.0. The van der Waals surface area contributed by atoms with Crippen molar-refractivity contribution in [1.82, 2.24) is 19.9 Å². The molecule has 0 aliphatic carbocycles. The fraction of sp³-hybridized carbons (Fsp3) is 0.160. The number of rotatable bonds is 4. The lowest BCUT2D eigenvalue weighted by atomic mass is 10.1. The number of fused-ring (bicyclic) bond motifs is 1. The van der Waals surface area contributed by atoms with Crippen LogP contribution in [0.1, 0.15) is 16.8 Å². The van der Waals surface area contributed by atoms with Gasteiger partial charge in [0.15, 0.2) is 0 Å². The van der Waals surface area contributed by atoms with Crippen molar-refractivity contribution in [2.24, 2.45) is 0 Å². The number of benzene rings is 2. The molecule has 0 amide bonds. The Morgan fingerprint density at radius 1 is 0.969 bits per heavy atom. The van der Waals surface area contributed by atoms with Crippen LogP contribution in [0.25, 0.3) is 22.6 Å². The third kappa shape index (κ3) is 4.60. The van der Waals surface area contributed by atoms with Crippen molar-refractivity contribution in [1.29, 1.82) is 0 Å². The highest BCUT2D eigenvalue weighted by Gasteiger charge is 2.21. The summed E-state index contributed by atoms with van der Waals surface area (Å²) in [7, 11) is 0. The van der Waals surface area contributed by atoms with Gasteiger partial charge in [-0.1, -0.05) is 68.3 Å². The van der Waals surface area contributed by atoms with Gasteiger partial charge in [0.1, 0.15) is 5.82 Å². The monoisotopic (exact) mass is 550 g/mol. The minimum Gasteiger partial charge on any atom is -0.306 e. The fourth-order valence-corrected chi connectivity index (χ4v) is 5.29. The van der Waals surface area contributed by atoms with Crippen LogP contribution >= 0.6 is 31.9 Å². The molecular formula is C25H20Br2N4O. The molecule has 0 atom stereocenters. The normalized spacial score (nSPS) is 13.7. The molecule has 3 heterocycles. The Balaban J connectivity index is 1.32. The molecule has 4 aromatic rings. The predicted octanol–water partition coefficient (Wildman–Crippen LogP) is 5.58. The van der Waals surface area contributed by atoms with Crippen molar-refractivity contribution in [3.63, 3.8) is 0 Å². The molecule has 2 aromatic carbocycles. The second-order valence-electron chi connectivity index (χ2n) is 7.88. The van der Waals surface area contributed by atoms with Gasteiger partial charge in [0.05, 0.1) is 17.0 Å². The van der Waals surface area contributed by atoms with E-state index in [1.165, 1.54) is 0 Å². The lowest BCUT2D eigenvalue weighted by Gasteiger charge is -2.27. The summed E-state index contributed by atoms with van der Waals surface area (Å²) in [6.45, 7) is 2.19. The zero-order chi connectivity index (χ0) is 22.1. The van der Waals surface area contributed by atoms with Gasteiger partial charge >= 0.3 is 0 Å². The molecule has 7 heteroatoms. The number of halogens is 2. The average molecular weight is 552 g/mol. The topological polar surface area (TPSA) is 61.9 Å². The number of aromatic amines is 1. The van der Waals surface area contributed by atoms with Crippen molar-refractivity contribution in [2.75, 3.05) is 6.54 Å². The SMILES string of the molecule is O=c1[nH]c(-c2ccccc2)nc2c1CN(Cc1ccc(-c3cc(Br)cc(Br)c3)nc1)CC2. The Kier molecular flexibility index (Phi) is 6.04. The lowest BCUT2D eigenvalue weighted by molar-refractivity contribution is 0.241. The number of pyridine rings is 1. The van der Waals surface area contributed by atoms with E-state index in [4.69, 9.17) is 4.98 Å². The summed E-state index contributed by atoms with van der Waals surface area (Å²) in [5, 5.41) is 0. The van der Waals surface area contributed by atoms with E-state index in [1.54, 1.807) is 0 Å². The predicted molar refractivity (Wildman–Crippen MR) is 133 cm³/mol. The third-order valence-corrected chi connectivity index (χ3v) is 6.50. The standard InChI is InChI=1S/C25H20Br2N4O/c26-19-10-18(11-20(27)12-19)22-7-6-16(13-28-22)14-31-9-8-23-21(15-31)25(32)30-24(29-23)17-4-2-1-3-5-17/h1-7,10-13H,8-9,14-15H2,(H,29,30,32). The molecule has 0 radical (unpaired) electrons. The number of nitrogens with one attached hydrogen (secondary N) is 1. The molecule has 0 fully saturated rings. The Hall–Kier alpha value is -2.61. The maximum Gasteiger partial charge on any atom is 0.255 e. The molecule has 5 rings (SSSR count). The molecular weight excluding hydrogens is 532 g/mol. The minimum absolute atomic E-state index is 0.0488. The van der Waals surface area contributed by atoms with Crippen LogP contribution in [0.15, 0.2) is 80.6 Å². The molecule has 1 N–H and O–H groups in total.